The first kappa shape index (κ1) is 18.1. The van der Waals surface area contributed by atoms with Crippen LogP contribution in [0, 0.1) is 5.92 Å². The summed E-state index contributed by atoms with van der Waals surface area (Å²) in [7, 11) is 3.08. The Morgan fingerprint density at radius 1 is 1.17 bits per heavy atom. The fourth-order valence-electron chi connectivity index (χ4n) is 2.69. The van der Waals surface area contributed by atoms with Crippen LogP contribution < -0.4 is 9.47 Å². The normalized spacial score (nSPS) is 17.5. The van der Waals surface area contributed by atoms with Crippen LogP contribution in [0.15, 0.2) is 18.2 Å². The van der Waals surface area contributed by atoms with Gasteiger partial charge < -0.3 is 19.1 Å². The van der Waals surface area contributed by atoms with Crippen molar-refractivity contribution in [2.45, 2.75) is 32.8 Å². The maximum absolute atomic E-state index is 12.8. The summed E-state index contributed by atoms with van der Waals surface area (Å²) < 4.78 is 15.8. The Bertz CT molecular complexity index is 620. The molecule has 1 aliphatic heterocycles. The third-order valence-corrected chi connectivity index (χ3v) is 3.88. The number of benzene rings is 1. The lowest BCUT2D eigenvalue weighted by Gasteiger charge is -2.24. The molecule has 1 saturated heterocycles. The van der Waals surface area contributed by atoms with Crippen molar-refractivity contribution >= 4 is 11.9 Å². The van der Waals surface area contributed by atoms with E-state index in [-0.39, 0.29) is 17.8 Å². The second-order valence-electron chi connectivity index (χ2n) is 6.84. The van der Waals surface area contributed by atoms with Gasteiger partial charge in [-0.1, -0.05) is 0 Å². The molecule has 0 aliphatic carbocycles. The maximum Gasteiger partial charge on any atom is 0.410 e. The molecule has 0 bridgehead atoms. The fourth-order valence-corrected chi connectivity index (χ4v) is 2.69. The molecule has 1 heterocycles. The Morgan fingerprint density at radius 3 is 2.46 bits per heavy atom. The SMILES string of the molecule is COc1ccc(OC)c(C(=O)[C@@H]2CCN(C(=O)OC(C)(C)C)C2)c1. The van der Waals surface area contributed by atoms with Crippen LogP contribution in [-0.4, -0.2) is 49.7 Å². The minimum Gasteiger partial charge on any atom is -0.497 e. The molecule has 0 unspecified atom stereocenters. The van der Waals surface area contributed by atoms with Crippen molar-refractivity contribution in [2.75, 3.05) is 27.3 Å². The number of hydrogen-bond acceptors (Lipinski definition) is 5. The zero-order valence-corrected chi connectivity index (χ0v) is 14.9. The highest BCUT2D eigenvalue weighted by Gasteiger charge is 2.34. The van der Waals surface area contributed by atoms with E-state index in [0.717, 1.165) is 0 Å². The van der Waals surface area contributed by atoms with Crippen LogP contribution in [0.25, 0.3) is 0 Å². The lowest BCUT2D eigenvalue weighted by molar-refractivity contribution is 0.0289. The van der Waals surface area contributed by atoms with Crippen molar-refractivity contribution in [2.24, 2.45) is 5.92 Å². The standard InChI is InChI=1S/C18H25NO5/c1-18(2,3)24-17(21)19-9-8-12(11-19)16(20)14-10-13(22-4)6-7-15(14)23-5/h6-7,10,12H,8-9,11H2,1-5H3/t12-/m1/s1. The number of methoxy groups -OCH3 is 2. The highest BCUT2D eigenvalue weighted by Crippen LogP contribution is 2.30. The van der Waals surface area contributed by atoms with Crippen LogP contribution in [0.4, 0.5) is 4.79 Å². The van der Waals surface area contributed by atoms with Crippen LogP contribution in [0.1, 0.15) is 37.6 Å². The van der Waals surface area contributed by atoms with E-state index in [1.54, 1.807) is 30.2 Å². The Morgan fingerprint density at radius 2 is 1.88 bits per heavy atom. The molecule has 1 amide bonds. The number of amides is 1. The Hall–Kier alpha value is -2.24. The van der Waals surface area contributed by atoms with Crippen molar-refractivity contribution in [3.63, 3.8) is 0 Å². The first-order valence-corrected chi connectivity index (χ1v) is 7.99. The molecule has 2 rings (SSSR count). The topological polar surface area (TPSA) is 65.1 Å². The smallest absolute Gasteiger partial charge is 0.410 e. The van der Waals surface area contributed by atoms with E-state index >= 15 is 0 Å². The molecular weight excluding hydrogens is 310 g/mol. The minimum absolute atomic E-state index is 0.0446. The zero-order chi connectivity index (χ0) is 17.9. The van der Waals surface area contributed by atoms with Gasteiger partial charge in [0.2, 0.25) is 0 Å². The lowest BCUT2D eigenvalue weighted by atomic mass is 9.96. The molecule has 1 aromatic rings. The van der Waals surface area contributed by atoms with Gasteiger partial charge in [-0.25, -0.2) is 4.79 Å². The Kier molecular flexibility index (Phi) is 5.36. The van der Waals surface area contributed by atoms with Crippen LogP contribution in [-0.2, 0) is 4.74 Å². The molecule has 0 N–H and O–H groups in total. The maximum atomic E-state index is 12.8. The van der Waals surface area contributed by atoms with E-state index in [1.807, 2.05) is 20.8 Å². The van der Waals surface area contributed by atoms with Crippen molar-refractivity contribution < 1.29 is 23.8 Å². The van der Waals surface area contributed by atoms with E-state index in [4.69, 9.17) is 14.2 Å². The summed E-state index contributed by atoms with van der Waals surface area (Å²) in [5.74, 6) is 0.799. The molecule has 0 radical (unpaired) electrons. The van der Waals surface area contributed by atoms with Gasteiger partial charge in [0.25, 0.3) is 0 Å². The van der Waals surface area contributed by atoms with Gasteiger partial charge in [0.15, 0.2) is 5.78 Å². The average molecular weight is 335 g/mol. The van der Waals surface area contributed by atoms with Gasteiger partial charge >= 0.3 is 6.09 Å². The molecule has 0 spiro atoms. The molecule has 1 atom stereocenters. The largest absolute Gasteiger partial charge is 0.497 e. The molecule has 1 aromatic carbocycles. The Labute approximate surface area is 142 Å². The van der Waals surface area contributed by atoms with Gasteiger partial charge in [0, 0.05) is 19.0 Å². The predicted molar refractivity (Wildman–Crippen MR) is 89.8 cm³/mol. The number of ether oxygens (including phenoxy) is 3. The first-order chi connectivity index (χ1) is 11.2. The number of ketones is 1. The summed E-state index contributed by atoms with van der Waals surface area (Å²) in [6, 6.07) is 5.14. The van der Waals surface area contributed by atoms with E-state index in [0.29, 0.717) is 36.6 Å². The molecule has 6 nitrogen and oxygen atoms in total. The van der Waals surface area contributed by atoms with Crippen molar-refractivity contribution in [3.8, 4) is 11.5 Å². The number of nitrogens with zero attached hydrogens (tertiary/aromatic N) is 1. The predicted octanol–water partition coefficient (Wildman–Crippen LogP) is 3.14. The van der Waals surface area contributed by atoms with Crippen molar-refractivity contribution in [3.05, 3.63) is 23.8 Å². The summed E-state index contributed by atoms with van der Waals surface area (Å²) in [5.41, 5.74) is -0.0669. The fraction of sp³-hybridized carbons (Fsp3) is 0.556. The van der Waals surface area contributed by atoms with Gasteiger partial charge in [-0.2, -0.15) is 0 Å². The number of Topliss-reactive ketones (excluding diaryl/α,β-unsaturated/α-hetero) is 1. The van der Waals surface area contributed by atoms with Gasteiger partial charge in [-0.05, 0) is 45.4 Å². The van der Waals surface area contributed by atoms with Crippen molar-refractivity contribution in [1.82, 2.24) is 4.90 Å². The summed E-state index contributed by atoms with van der Waals surface area (Å²) >= 11 is 0. The van der Waals surface area contributed by atoms with Crippen LogP contribution >= 0.6 is 0 Å². The average Bonchev–Trinajstić information content (AvgIpc) is 3.02. The summed E-state index contributed by atoms with van der Waals surface area (Å²) in [4.78, 5) is 26.6. The van der Waals surface area contributed by atoms with Crippen molar-refractivity contribution in [1.29, 1.82) is 0 Å². The molecule has 0 aromatic heterocycles. The first-order valence-electron chi connectivity index (χ1n) is 7.99. The molecule has 0 saturated carbocycles. The monoisotopic (exact) mass is 335 g/mol. The summed E-state index contributed by atoms with van der Waals surface area (Å²) in [5, 5.41) is 0. The van der Waals surface area contributed by atoms with E-state index in [9.17, 15) is 9.59 Å². The highest BCUT2D eigenvalue weighted by atomic mass is 16.6. The highest BCUT2D eigenvalue weighted by molar-refractivity contribution is 6.01. The van der Waals surface area contributed by atoms with Gasteiger partial charge in [0.05, 0.1) is 19.8 Å². The number of likely N-dealkylation sites (tertiary alicyclic amines) is 1. The van der Waals surface area contributed by atoms with Crippen LogP contribution in [0.2, 0.25) is 0 Å². The minimum atomic E-state index is -0.546. The number of hydrogen-bond donors (Lipinski definition) is 0. The summed E-state index contributed by atoms with van der Waals surface area (Å²) in [6.45, 7) is 6.34. The van der Waals surface area contributed by atoms with E-state index in [1.165, 1.54) is 7.11 Å². The number of carbonyl (C=O) groups excluding carboxylic acids is 2. The molecule has 132 valence electrons. The molecule has 1 fully saturated rings. The third kappa shape index (κ3) is 4.19. The summed E-state index contributed by atoms with van der Waals surface area (Å²) in [6.07, 6.45) is 0.230. The molecule has 24 heavy (non-hydrogen) atoms. The van der Waals surface area contributed by atoms with E-state index in [2.05, 4.69) is 0 Å². The lowest BCUT2D eigenvalue weighted by Crippen LogP contribution is -2.35. The van der Waals surface area contributed by atoms with Gasteiger partial charge in [0.1, 0.15) is 17.1 Å². The second kappa shape index (κ2) is 7.11. The van der Waals surface area contributed by atoms with Gasteiger partial charge in [-0.3, -0.25) is 4.79 Å². The zero-order valence-electron chi connectivity index (χ0n) is 14.9. The van der Waals surface area contributed by atoms with E-state index < -0.39 is 5.60 Å². The quantitative estimate of drug-likeness (QED) is 0.791. The van der Waals surface area contributed by atoms with Crippen LogP contribution in [0.3, 0.4) is 0 Å². The molecule has 1 aliphatic rings. The van der Waals surface area contributed by atoms with Gasteiger partial charge in [-0.15, -0.1) is 0 Å². The second-order valence-corrected chi connectivity index (χ2v) is 6.84. The Balaban J connectivity index is 2.11. The molecule has 6 heteroatoms. The third-order valence-electron chi connectivity index (χ3n) is 3.88. The number of carbonyl (C=O) groups is 2. The molecular formula is C18H25NO5. The van der Waals surface area contributed by atoms with Crippen LogP contribution in [0.5, 0.6) is 11.5 Å². The number of rotatable bonds is 4.